The zero-order chi connectivity index (χ0) is 17.3. The minimum Gasteiger partial charge on any atom is -0.373 e. The molecule has 0 aromatic heterocycles. The molecule has 1 fully saturated rings. The van der Waals surface area contributed by atoms with E-state index in [1.165, 1.54) is 11.1 Å². The van der Waals surface area contributed by atoms with Crippen molar-refractivity contribution in [1.29, 1.82) is 0 Å². The molecule has 0 N–H and O–H groups in total. The molecule has 0 saturated carbocycles. The summed E-state index contributed by atoms with van der Waals surface area (Å²) in [4.78, 5) is 0. The van der Waals surface area contributed by atoms with E-state index in [1.807, 2.05) is 17.8 Å². The highest BCUT2D eigenvalue weighted by molar-refractivity contribution is 8.00. The highest BCUT2D eigenvalue weighted by atomic mass is 35.5. The third kappa shape index (κ3) is 4.28. The summed E-state index contributed by atoms with van der Waals surface area (Å²) in [6.45, 7) is 9.69. The van der Waals surface area contributed by atoms with E-state index in [-0.39, 0.29) is 11.5 Å². The number of rotatable bonds is 3. The summed E-state index contributed by atoms with van der Waals surface area (Å²) < 4.78 is 6.33. The summed E-state index contributed by atoms with van der Waals surface area (Å²) >= 11 is 8.26. The standard InChI is InChI=1S/C21H27ClOS/c1-14-11-19(18-12-17(22)9-10-20(18)24-14)23-13-15-5-7-16(8-6-15)21(2,3)4/h5-10,12,14,18-20H,11,13H2,1-4H3/t14-,18+,19+,20-/m1/s1. The molecule has 1 aromatic rings. The van der Waals surface area contributed by atoms with E-state index in [0.717, 1.165) is 11.5 Å². The molecule has 1 aliphatic carbocycles. The zero-order valence-corrected chi connectivity index (χ0v) is 16.5. The third-order valence-electron chi connectivity index (χ3n) is 4.84. The van der Waals surface area contributed by atoms with Crippen LogP contribution < -0.4 is 0 Å². The molecule has 0 spiro atoms. The SMILES string of the molecule is C[C@@H]1C[C@H](OCc2ccc(C(C)(C)C)cc2)[C@@H]2C=C(Cl)C=C[C@H]2S1. The van der Waals surface area contributed by atoms with E-state index in [2.05, 4.69) is 64.1 Å². The highest BCUT2D eigenvalue weighted by Gasteiger charge is 2.36. The second-order valence-electron chi connectivity index (χ2n) is 7.93. The number of ether oxygens (including phenoxy) is 1. The van der Waals surface area contributed by atoms with Gasteiger partial charge in [0.25, 0.3) is 0 Å². The molecule has 0 radical (unpaired) electrons. The maximum absolute atomic E-state index is 6.33. The third-order valence-corrected chi connectivity index (χ3v) is 6.54. The van der Waals surface area contributed by atoms with Crippen LogP contribution in [0.2, 0.25) is 0 Å². The van der Waals surface area contributed by atoms with Crippen LogP contribution in [0.4, 0.5) is 0 Å². The molecule has 0 bridgehead atoms. The van der Waals surface area contributed by atoms with Gasteiger partial charge in [-0.2, -0.15) is 11.8 Å². The van der Waals surface area contributed by atoms with E-state index in [4.69, 9.17) is 16.3 Å². The molecular weight excluding hydrogens is 336 g/mol. The van der Waals surface area contributed by atoms with Crippen LogP contribution >= 0.6 is 23.4 Å². The minimum absolute atomic E-state index is 0.193. The van der Waals surface area contributed by atoms with Crippen molar-refractivity contribution >= 4 is 23.4 Å². The van der Waals surface area contributed by atoms with Crippen LogP contribution in [-0.2, 0) is 16.8 Å². The summed E-state index contributed by atoms with van der Waals surface area (Å²) in [6.07, 6.45) is 7.77. The molecular formula is C21H27ClOS. The molecule has 1 nitrogen and oxygen atoms in total. The normalized spacial score (nSPS) is 30.0. The zero-order valence-electron chi connectivity index (χ0n) is 15.0. The molecule has 1 aliphatic heterocycles. The van der Waals surface area contributed by atoms with Crippen molar-refractivity contribution in [3.8, 4) is 0 Å². The number of hydrogen-bond donors (Lipinski definition) is 0. The second-order valence-corrected chi connectivity index (χ2v) is 9.99. The van der Waals surface area contributed by atoms with Gasteiger partial charge in [0.05, 0.1) is 12.7 Å². The summed E-state index contributed by atoms with van der Waals surface area (Å²) in [7, 11) is 0. The smallest absolute Gasteiger partial charge is 0.0720 e. The molecule has 1 aromatic carbocycles. The lowest BCUT2D eigenvalue weighted by atomic mass is 9.87. The topological polar surface area (TPSA) is 9.23 Å². The van der Waals surface area contributed by atoms with Crippen LogP contribution in [0.3, 0.4) is 0 Å². The summed E-state index contributed by atoms with van der Waals surface area (Å²) in [5.74, 6) is 0.387. The van der Waals surface area contributed by atoms with Gasteiger partial charge in [0.2, 0.25) is 0 Å². The molecule has 4 atom stereocenters. The molecule has 2 aliphatic rings. The molecule has 0 unspecified atom stereocenters. The Kier molecular flexibility index (Phi) is 5.48. The van der Waals surface area contributed by atoms with Gasteiger partial charge >= 0.3 is 0 Å². The predicted octanol–water partition coefficient (Wildman–Crippen LogP) is 6.07. The van der Waals surface area contributed by atoms with Crippen molar-refractivity contribution in [3.63, 3.8) is 0 Å². The first-order valence-electron chi connectivity index (χ1n) is 8.75. The molecule has 1 saturated heterocycles. The van der Waals surface area contributed by atoms with E-state index < -0.39 is 0 Å². The van der Waals surface area contributed by atoms with Crippen molar-refractivity contribution in [3.05, 3.63) is 58.7 Å². The average molecular weight is 363 g/mol. The van der Waals surface area contributed by atoms with Crippen LogP contribution in [0.1, 0.15) is 45.2 Å². The Balaban J connectivity index is 1.65. The Labute approximate surface area is 155 Å². The van der Waals surface area contributed by atoms with Crippen LogP contribution in [0.25, 0.3) is 0 Å². The molecule has 130 valence electrons. The Morgan fingerprint density at radius 3 is 2.58 bits per heavy atom. The van der Waals surface area contributed by atoms with Gasteiger partial charge in [-0.05, 0) is 29.0 Å². The first kappa shape index (κ1) is 18.1. The quantitative estimate of drug-likeness (QED) is 0.645. The van der Waals surface area contributed by atoms with Crippen molar-refractivity contribution in [2.24, 2.45) is 5.92 Å². The van der Waals surface area contributed by atoms with E-state index in [1.54, 1.807) is 0 Å². The van der Waals surface area contributed by atoms with Gasteiger partial charge < -0.3 is 4.74 Å². The molecule has 24 heavy (non-hydrogen) atoms. The van der Waals surface area contributed by atoms with Gasteiger partial charge in [-0.1, -0.05) is 75.7 Å². The van der Waals surface area contributed by atoms with E-state index >= 15 is 0 Å². The number of thioether (sulfide) groups is 1. The number of fused-ring (bicyclic) bond motifs is 1. The molecule has 1 heterocycles. The van der Waals surface area contributed by atoms with Crippen molar-refractivity contribution in [2.45, 2.75) is 62.7 Å². The fourth-order valence-electron chi connectivity index (χ4n) is 3.40. The number of allylic oxidation sites excluding steroid dienone is 2. The number of halogens is 1. The maximum atomic E-state index is 6.33. The Bertz CT molecular complexity index is 626. The monoisotopic (exact) mass is 362 g/mol. The fraction of sp³-hybridized carbons (Fsp3) is 0.524. The van der Waals surface area contributed by atoms with Gasteiger partial charge in [-0.3, -0.25) is 0 Å². The first-order chi connectivity index (χ1) is 11.3. The lowest BCUT2D eigenvalue weighted by molar-refractivity contribution is 0.00714. The summed E-state index contributed by atoms with van der Waals surface area (Å²) in [6, 6.07) is 8.84. The average Bonchev–Trinajstić information content (AvgIpc) is 2.52. The molecule has 0 amide bonds. The predicted molar refractivity (Wildman–Crippen MR) is 106 cm³/mol. The van der Waals surface area contributed by atoms with Crippen molar-refractivity contribution < 1.29 is 4.74 Å². The Morgan fingerprint density at radius 1 is 1.21 bits per heavy atom. The van der Waals surface area contributed by atoms with Gasteiger partial charge in [-0.25, -0.2) is 0 Å². The van der Waals surface area contributed by atoms with Gasteiger partial charge in [0.1, 0.15) is 0 Å². The van der Waals surface area contributed by atoms with Crippen LogP contribution in [0.5, 0.6) is 0 Å². The van der Waals surface area contributed by atoms with Crippen LogP contribution in [0, 0.1) is 5.92 Å². The van der Waals surface area contributed by atoms with Gasteiger partial charge in [0, 0.05) is 21.5 Å². The fourth-order valence-corrected chi connectivity index (χ4v) is 5.06. The van der Waals surface area contributed by atoms with Crippen molar-refractivity contribution in [1.82, 2.24) is 0 Å². The Hall–Kier alpha value is -0.700. The van der Waals surface area contributed by atoms with E-state index in [0.29, 0.717) is 23.0 Å². The van der Waals surface area contributed by atoms with Gasteiger partial charge in [0.15, 0.2) is 0 Å². The highest BCUT2D eigenvalue weighted by Crippen LogP contribution is 2.42. The van der Waals surface area contributed by atoms with Crippen LogP contribution in [0.15, 0.2) is 47.5 Å². The minimum atomic E-state index is 0.193. The number of hydrogen-bond acceptors (Lipinski definition) is 2. The maximum Gasteiger partial charge on any atom is 0.0720 e. The largest absolute Gasteiger partial charge is 0.373 e. The first-order valence-corrected chi connectivity index (χ1v) is 10.1. The van der Waals surface area contributed by atoms with Gasteiger partial charge in [-0.15, -0.1) is 0 Å². The van der Waals surface area contributed by atoms with E-state index in [9.17, 15) is 0 Å². The van der Waals surface area contributed by atoms with Crippen molar-refractivity contribution in [2.75, 3.05) is 0 Å². The van der Waals surface area contributed by atoms with Crippen LogP contribution in [-0.4, -0.2) is 16.6 Å². The summed E-state index contributed by atoms with van der Waals surface area (Å²) in [5.41, 5.74) is 2.80. The molecule has 3 heteroatoms. The summed E-state index contributed by atoms with van der Waals surface area (Å²) in [5, 5.41) is 1.95. The lowest BCUT2D eigenvalue weighted by Gasteiger charge is -2.39. The number of benzene rings is 1. The Morgan fingerprint density at radius 2 is 1.92 bits per heavy atom. The lowest BCUT2D eigenvalue weighted by Crippen LogP contribution is -2.38. The second kappa shape index (κ2) is 7.27. The molecule has 3 rings (SSSR count).